The first-order chi connectivity index (χ1) is 8.61. The van der Waals surface area contributed by atoms with Crippen LogP contribution in [0.3, 0.4) is 0 Å². The quantitative estimate of drug-likeness (QED) is 0.496. The molecule has 0 bridgehead atoms. The third-order valence-electron chi connectivity index (χ3n) is 2.00. The minimum Gasteiger partial charge on any atom is -0.384 e. The van der Waals surface area contributed by atoms with E-state index >= 15 is 0 Å². The van der Waals surface area contributed by atoms with Crippen LogP contribution in [0.5, 0.6) is 0 Å². The van der Waals surface area contributed by atoms with Crippen LogP contribution in [0.1, 0.15) is 5.56 Å². The number of nitrogens with zero attached hydrogens (tertiary/aromatic N) is 2. The van der Waals surface area contributed by atoms with E-state index in [0.717, 1.165) is 18.0 Å². The van der Waals surface area contributed by atoms with E-state index in [2.05, 4.69) is 26.1 Å². The number of hydrogen-bond donors (Lipinski definition) is 2. The third kappa shape index (κ3) is 3.05. The Hall–Kier alpha value is -0.570. The van der Waals surface area contributed by atoms with Crippen LogP contribution in [0.4, 0.5) is 0 Å². The molecule has 1 aromatic heterocycles. The molecule has 0 atom stereocenters. The maximum atomic E-state index is 7.62. The summed E-state index contributed by atoms with van der Waals surface area (Å²) in [6.45, 7) is 0. The van der Waals surface area contributed by atoms with Gasteiger partial charge >= 0.3 is 0 Å². The van der Waals surface area contributed by atoms with Gasteiger partial charge in [-0.3, -0.25) is 5.41 Å². The van der Waals surface area contributed by atoms with E-state index in [9.17, 15) is 0 Å². The Morgan fingerprint density at radius 3 is 2.72 bits per heavy atom. The molecule has 0 aliphatic heterocycles. The smallest absolute Gasteiger partial charge is 0.179 e. The molecule has 1 aromatic carbocycles. The van der Waals surface area contributed by atoms with Crippen LogP contribution < -0.4 is 5.73 Å². The summed E-state index contributed by atoms with van der Waals surface area (Å²) in [5.41, 5.74) is 6.30. The number of amidine groups is 1. The molecule has 0 saturated heterocycles. The first-order valence-electron chi connectivity index (χ1n) is 4.80. The van der Waals surface area contributed by atoms with E-state index in [0.29, 0.717) is 5.56 Å². The number of halogens is 1. The number of rotatable bonds is 4. The van der Waals surface area contributed by atoms with Crippen molar-refractivity contribution in [3.05, 3.63) is 28.2 Å². The number of thioether (sulfide) groups is 1. The van der Waals surface area contributed by atoms with E-state index in [1.165, 1.54) is 23.1 Å². The minimum absolute atomic E-state index is 0.0413. The van der Waals surface area contributed by atoms with E-state index in [-0.39, 0.29) is 5.84 Å². The summed E-state index contributed by atoms with van der Waals surface area (Å²) in [6.07, 6.45) is 1.97. The summed E-state index contributed by atoms with van der Waals surface area (Å²) in [4.78, 5) is 0.903. The molecule has 0 aliphatic carbocycles. The molecule has 0 fully saturated rings. The lowest BCUT2D eigenvalue weighted by molar-refractivity contribution is 0.955. The van der Waals surface area contributed by atoms with Crippen molar-refractivity contribution < 1.29 is 0 Å². The molecule has 4 nitrogen and oxygen atoms in total. The van der Waals surface area contributed by atoms with Gasteiger partial charge in [0.15, 0.2) is 8.68 Å². The molecule has 0 spiro atoms. The molecule has 0 radical (unpaired) electrons. The molecule has 2 aromatic rings. The Balaban J connectivity index is 2.34. The first kappa shape index (κ1) is 13.9. The molecule has 1 heterocycles. The third-order valence-corrected chi connectivity index (χ3v) is 5.68. The van der Waals surface area contributed by atoms with Gasteiger partial charge in [-0.1, -0.05) is 40.9 Å². The topological polar surface area (TPSA) is 75.7 Å². The van der Waals surface area contributed by atoms with Crippen molar-refractivity contribution in [1.82, 2.24) is 10.2 Å². The highest BCUT2D eigenvalue weighted by atomic mass is 79.9. The highest BCUT2D eigenvalue weighted by Crippen LogP contribution is 2.36. The second-order valence-corrected chi connectivity index (χ2v) is 7.34. The molecule has 0 aliphatic rings. The van der Waals surface area contributed by atoms with Gasteiger partial charge < -0.3 is 5.73 Å². The maximum absolute atomic E-state index is 7.62. The lowest BCUT2D eigenvalue weighted by atomic mass is 10.2. The highest BCUT2D eigenvalue weighted by molar-refractivity contribution is 9.10. The summed E-state index contributed by atoms with van der Waals surface area (Å²) >= 11 is 7.98. The van der Waals surface area contributed by atoms with Gasteiger partial charge in [-0.15, -0.1) is 10.2 Å². The van der Waals surface area contributed by atoms with Crippen LogP contribution in [0.2, 0.25) is 0 Å². The van der Waals surface area contributed by atoms with Gasteiger partial charge in [0, 0.05) is 14.9 Å². The molecule has 2 rings (SSSR count). The summed E-state index contributed by atoms with van der Waals surface area (Å²) in [5, 5.41) is 15.8. The molecule has 8 heteroatoms. The van der Waals surface area contributed by atoms with Gasteiger partial charge in [0.25, 0.3) is 0 Å². The van der Waals surface area contributed by atoms with Crippen LogP contribution in [-0.4, -0.2) is 22.3 Å². The number of nitrogen functional groups attached to an aromatic ring is 1. The van der Waals surface area contributed by atoms with E-state index in [1.54, 1.807) is 11.8 Å². The maximum Gasteiger partial charge on any atom is 0.179 e. The van der Waals surface area contributed by atoms with Gasteiger partial charge in [0.2, 0.25) is 0 Å². The number of nitrogens with two attached hydrogens (primary N) is 1. The van der Waals surface area contributed by atoms with Crippen LogP contribution >= 0.6 is 50.8 Å². The van der Waals surface area contributed by atoms with Gasteiger partial charge in [0.05, 0.1) is 0 Å². The van der Waals surface area contributed by atoms with Crippen molar-refractivity contribution in [3.8, 4) is 0 Å². The van der Waals surface area contributed by atoms with Crippen LogP contribution in [0.15, 0.2) is 36.2 Å². The molecule has 0 amide bonds. The van der Waals surface area contributed by atoms with Gasteiger partial charge in [-0.05, 0) is 34.3 Å². The number of nitrogens with one attached hydrogen (secondary N) is 1. The normalized spacial score (nSPS) is 10.6. The lowest BCUT2D eigenvalue weighted by Gasteiger charge is -2.07. The molecular weight excluding hydrogens is 352 g/mol. The van der Waals surface area contributed by atoms with E-state index in [4.69, 9.17) is 11.1 Å². The molecular formula is C10H9BrN4S3. The molecule has 0 saturated carbocycles. The fourth-order valence-corrected chi connectivity index (χ4v) is 4.55. The molecule has 18 heavy (non-hydrogen) atoms. The Labute approximate surface area is 125 Å². The summed E-state index contributed by atoms with van der Waals surface area (Å²) < 4.78 is 2.59. The van der Waals surface area contributed by atoms with Crippen LogP contribution in [0, 0.1) is 5.41 Å². The van der Waals surface area contributed by atoms with E-state index in [1.807, 2.05) is 24.5 Å². The second kappa shape index (κ2) is 6.05. The minimum atomic E-state index is 0.0413. The molecule has 94 valence electrons. The van der Waals surface area contributed by atoms with Crippen molar-refractivity contribution in [1.29, 1.82) is 5.41 Å². The molecule has 3 N–H and O–H groups in total. The van der Waals surface area contributed by atoms with Crippen molar-refractivity contribution in [2.75, 3.05) is 6.26 Å². The van der Waals surface area contributed by atoms with Gasteiger partial charge in [-0.25, -0.2) is 0 Å². The first-order valence-corrected chi connectivity index (χ1v) is 8.45. The zero-order chi connectivity index (χ0) is 13.1. The van der Waals surface area contributed by atoms with E-state index < -0.39 is 0 Å². The SMILES string of the molecule is CSc1nnc(Sc2cccc(Br)c2C(=N)N)s1. The Morgan fingerprint density at radius 1 is 1.39 bits per heavy atom. The average Bonchev–Trinajstić information content (AvgIpc) is 2.76. The lowest BCUT2D eigenvalue weighted by Crippen LogP contribution is -2.13. The monoisotopic (exact) mass is 360 g/mol. The number of aromatic nitrogens is 2. The Kier molecular flexibility index (Phi) is 4.66. The summed E-state index contributed by atoms with van der Waals surface area (Å²) in [5.74, 6) is 0.0413. The van der Waals surface area contributed by atoms with Crippen LogP contribution in [0.25, 0.3) is 0 Å². The predicted octanol–water partition coefficient (Wildman–Crippen LogP) is 3.46. The summed E-state index contributed by atoms with van der Waals surface area (Å²) in [6, 6.07) is 5.70. The zero-order valence-corrected chi connectivity index (χ0v) is 13.3. The van der Waals surface area contributed by atoms with Crippen LogP contribution in [-0.2, 0) is 0 Å². The zero-order valence-electron chi connectivity index (χ0n) is 9.31. The fourth-order valence-electron chi connectivity index (χ4n) is 1.27. The average molecular weight is 361 g/mol. The van der Waals surface area contributed by atoms with Gasteiger partial charge in [0.1, 0.15) is 5.84 Å². The predicted molar refractivity (Wildman–Crippen MR) is 81.0 cm³/mol. The van der Waals surface area contributed by atoms with Gasteiger partial charge in [-0.2, -0.15) is 0 Å². The van der Waals surface area contributed by atoms with Crippen molar-refractivity contribution in [2.24, 2.45) is 5.73 Å². The molecule has 0 unspecified atom stereocenters. The number of benzene rings is 1. The summed E-state index contributed by atoms with van der Waals surface area (Å²) in [7, 11) is 0. The largest absolute Gasteiger partial charge is 0.384 e. The second-order valence-electron chi connectivity index (χ2n) is 3.17. The number of hydrogen-bond acceptors (Lipinski definition) is 6. The standard InChI is InChI=1S/C10H9BrN4S3/c1-16-9-14-15-10(18-9)17-6-4-2-3-5(11)7(6)8(12)13/h2-4H,1H3,(H3,12,13). The Bertz CT molecular complexity index is 584. The fraction of sp³-hybridized carbons (Fsp3) is 0.100. The van der Waals surface area contributed by atoms with Crippen molar-refractivity contribution in [3.63, 3.8) is 0 Å². The van der Waals surface area contributed by atoms with Crippen molar-refractivity contribution >= 4 is 56.6 Å². The highest BCUT2D eigenvalue weighted by Gasteiger charge is 2.13. The van der Waals surface area contributed by atoms with Crippen molar-refractivity contribution in [2.45, 2.75) is 13.6 Å². The Morgan fingerprint density at radius 2 is 2.11 bits per heavy atom.